The molecule has 2 aromatic heterocycles. The number of hydrogen-bond donors (Lipinski definition) is 5. The zero-order valence-corrected chi connectivity index (χ0v) is 69.1. The molecule has 114 heavy (non-hydrogen) atoms. The van der Waals surface area contributed by atoms with Crippen LogP contribution in [0.2, 0.25) is 0 Å². The van der Waals surface area contributed by atoms with Gasteiger partial charge in [0.1, 0.15) is 35.9 Å². The van der Waals surface area contributed by atoms with E-state index in [1.807, 2.05) is 183 Å². The number of aryl methyl sites for hydroxylation is 1. The molecular weight excluding hydrogens is 1510 g/mol. The summed E-state index contributed by atoms with van der Waals surface area (Å²) in [4.78, 5) is 147. The maximum Gasteiger partial charge on any atom is 0.407 e. The summed E-state index contributed by atoms with van der Waals surface area (Å²) >= 11 is 3.61. The van der Waals surface area contributed by atoms with Gasteiger partial charge in [0.25, 0.3) is 0 Å². The van der Waals surface area contributed by atoms with Crippen molar-refractivity contribution in [2.75, 3.05) is 53.6 Å². The van der Waals surface area contributed by atoms with E-state index in [0.29, 0.717) is 61.6 Å². The van der Waals surface area contributed by atoms with Gasteiger partial charge < -0.3 is 50.7 Å². The SMILES string of the molecule is CCC(N)=NCCC[C@H](NC(=O)[C@H](CCCCNC(=O)OC(C)(C)C)CC(=O)COCC(=O)CCCOc1ccc(Cc2ncc(Br)c(CCCCN(C)C(=O)C3CCC3)n2)cc1)C(=O)C[C@H](C(=O)N[C@@H](Cc1cncn1C(c1ccccc1)(c1ccccc1)c1ccccc1)C(=O)C[C@@H](Cc1ccccc1)C(=O)NC)C(C)C. The van der Waals surface area contributed by atoms with Crippen LogP contribution in [0.15, 0.2) is 174 Å². The highest BCUT2D eigenvalue weighted by Gasteiger charge is 2.42. The Kier molecular flexibility index (Phi) is 35.9. The summed E-state index contributed by atoms with van der Waals surface area (Å²) < 4.78 is 20.0. The lowest BCUT2D eigenvalue weighted by atomic mass is 9.76. The van der Waals surface area contributed by atoms with E-state index < -0.39 is 88.8 Å². The predicted molar refractivity (Wildman–Crippen MR) is 444 cm³/mol. The molecule has 0 radical (unpaired) electrons. The highest BCUT2D eigenvalue weighted by atomic mass is 79.9. The quantitative estimate of drug-likeness (QED) is 0.0102. The number of hydrogen-bond acceptors (Lipinski definition) is 16. The number of Topliss-reactive ketones (excluding diaryl/α,β-unsaturated/α-hetero) is 4. The second-order valence-electron chi connectivity index (χ2n) is 31.0. The van der Waals surface area contributed by atoms with Crippen LogP contribution in [-0.2, 0) is 79.1 Å². The van der Waals surface area contributed by atoms with Crippen molar-refractivity contribution >= 4 is 74.6 Å². The zero-order valence-electron chi connectivity index (χ0n) is 67.6. The Hall–Kier alpha value is -10.1. The molecule has 0 spiro atoms. The molecule has 1 aliphatic carbocycles. The average molecular weight is 1620 g/mol. The highest BCUT2D eigenvalue weighted by molar-refractivity contribution is 9.10. The molecule has 1 aliphatic rings. The zero-order chi connectivity index (χ0) is 82.0. The van der Waals surface area contributed by atoms with E-state index in [1.54, 1.807) is 39.5 Å². The van der Waals surface area contributed by atoms with Crippen molar-refractivity contribution in [1.82, 2.24) is 45.7 Å². The van der Waals surface area contributed by atoms with Gasteiger partial charge in [0.2, 0.25) is 23.6 Å². The Balaban J connectivity index is 0.936. The number of nitrogens with one attached hydrogen (secondary N) is 4. The molecule has 23 nitrogen and oxygen atoms in total. The number of aromatic nitrogens is 4. The smallest absolute Gasteiger partial charge is 0.407 e. The number of nitrogens with zero attached hydrogens (tertiary/aromatic N) is 6. The number of carbonyl (C=O) groups is 9. The Morgan fingerprint density at radius 1 is 0.675 bits per heavy atom. The van der Waals surface area contributed by atoms with Crippen LogP contribution in [0.1, 0.15) is 189 Å². The van der Waals surface area contributed by atoms with Crippen LogP contribution in [0, 0.1) is 29.6 Å². The van der Waals surface area contributed by atoms with Crippen molar-refractivity contribution in [1.29, 1.82) is 0 Å². The minimum absolute atomic E-state index is 0.0738. The van der Waals surface area contributed by atoms with Crippen molar-refractivity contribution < 1.29 is 57.4 Å². The first-order chi connectivity index (χ1) is 54.8. The molecule has 2 heterocycles. The summed E-state index contributed by atoms with van der Waals surface area (Å²) in [6.45, 7) is 11.4. The molecule has 24 heteroatoms. The van der Waals surface area contributed by atoms with Gasteiger partial charge >= 0.3 is 6.09 Å². The van der Waals surface area contributed by atoms with Crippen molar-refractivity contribution in [3.63, 3.8) is 0 Å². The fourth-order valence-electron chi connectivity index (χ4n) is 14.2. The molecule has 5 atom stereocenters. The standard InChI is InChI=1S/C90H116BrN11O12/c1-9-82(92)95-48-27-42-78(81(106)56-75(62(2)3)86(109)100-79(80(105)54-67(84(107)93-7)51-63-29-14-10-15-30-63)55-71-57-94-61-102(71)90(68-34-16-11-17-35-68,69-36-18-12-19-37-69)70-38-20-13-21-39-70)99-85(108)66(31-22-24-47-96-88(111)114-89(4,5)6)53-73(104)60-112-59-72(103)40-28-50-113-74-45-43-64(44-46-74)52-83-97-58-76(91)77(98-83)41-23-25-49-101(8)87(110)65-32-26-33-65/h10-21,29-30,34-39,43-46,57-58,61-62,65-67,75,78-79H,9,22-28,31-33,40-42,47-56,59-60H2,1-8H3,(H2,92,95)(H,93,107)(H,96,111)(H,99,108)(H,100,109)/t66-,67-,75+,78+,79+/m1/s1. The summed E-state index contributed by atoms with van der Waals surface area (Å²) in [7, 11) is 3.41. The number of alkyl carbamates (subject to hydrolysis) is 1. The van der Waals surface area contributed by atoms with Crippen LogP contribution in [0.5, 0.6) is 5.75 Å². The Morgan fingerprint density at radius 2 is 1.30 bits per heavy atom. The second-order valence-corrected chi connectivity index (χ2v) is 31.9. The Morgan fingerprint density at radius 3 is 1.90 bits per heavy atom. The molecule has 6 N–H and O–H groups in total. The number of rotatable bonds is 49. The van der Waals surface area contributed by atoms with Crippen LogP contribution in [0.3, 0.4) is 0 Å². The van der Waals surface area contributed by atoms with Gasteiger partial charge in [-0.05, 0) is 153 Å². The maximum absolute atomic E-state index is 15.4. The number of nitrogens with two attached hydrogens (primary N) is 1. The molecule has 610 valence electrons. The molecule has 1 fully saturated rings. The second kappa shape index (κ2) is 45.7. The van der Waals surface area contributed by atoms with Gasteiger partial charge in [0.05, 0.1) is 41.0 Å². The van der Waals surface area contributed by atoms with Gasteiger partial charge in [0.15, 0.2) is 23.1 Å². The van der Waals surface area contributed by atoms with E-state index >= 15 is 14.4 Å². The molecular formula is C90H116BrN11O12. The lowest BCUT2D eigenvalue weighted by Gasteiger charge is -2.39. The number of unbranched alkanes of at least 4 members (excludes halogenated alkanes) is 2. The van der Waals surface area contributed by atoms with Crippen LogP contribution < -0.4 is 31.7 Å². The minimum atomic E-state index is -1.25. The van der Waals surface area contributed by atoms with Crippen LogP contribution in [0.25, 0.3) is 0 Å². The molecule has 8 rings (SSSR count). The van der Waals surface area contributed by atoms with Gasteiger partial charge in [0, 0.05) is 120 Å². The van der Waals surface area contributed by atoms with Crippen LogP contribution in [-0.4, -0.2) is 154 Å². The number of aliphatic imine (C=N–C) groups is 1. The monoisotopic (exact) mass is 1620 g/mol. The first kappa shape index (κ1) is 89.5. The van der Waals surface area contributed by atoms with E-state index in [4.69, 9.17) is 29.9 Å². The average Bonchev–Trinajstić information content (AvgIpc) is 1.23. The third-order valence-corrected chi connectivity index (χ3v) is 21.4. The summed E-state index contributed by atoms with van der Waals surface area (Å²) in [5, 5.41) is 11.6. The van der Waals surface area contributed by atoms with Gasteiger partial charge in [-0.2, -0.15) is 0 Å². The normalized spacial score (nSPS) is 13.8. The van der Waals surface area contributed by atoms with Crippen molar-refractivity contribution in [2.24, 2.45) is 40.3 Å². The van der Waals surface area contributed by atoms with E-state index in [0.717, 1.165) is 83.1 Å². The Labute approximate surface area is 680 Å². The third kappa shape index (κ3) is 27.9. The number of amidine groups is 1. The molecule has 1 saturated carbocycles. The van der Waals surface area contributed by atoms with E-state index in [1.165, 1.54) is 7.05 Å². The summed E-state index contributed by atoms with van der Waals surface area (Å²) in [6.07, 6.45) is 12.4. The minimum Gasteiger partial charge on any atom is -0.494 e. The maximum atomic E-state index is 15.4. The molecule has 5 amide bonds. The molecule has 0 bridgehead atoms. The lowest BCUT2D eigenvalue weighted by Crippen LogP contribution is -2.49. The number of ketones is 4. The number of imidazole rings is 1. The number of ether oxygens (including phenoxy) is 3. The first-order valence-corrected chi connectivity index (χ1v) is 41.1. The highest BCUT2D eigenvalue weighted by Crippen LogP contribution is 2.42. The van der Waals surface area contributed by atoms with E-state index in [9.17, 15) is 28.8 Å². The lowest BCUT2D eigenvalue weighted by molar-refractivity contribution is -0.137. The number of benzene rings is 5. The Bertz CT molecular complexity index is 4170. The van der Waals surface area contributed by atoms with Crippen LogP contribution in [0.4, 0.5) is 4.79 Å². The molecule has 5 aromatic carbocycles. The summed E-state index contributed by atoms with van der Waals surface area (Å²) in [5.41, 5.74) is 10.4. The predicted octanol–water partition coefficient (Wildman–Crippen LogP) is 13.0. The molecule has 0 saturated heterocycles. The largest absolute Gasteiger partial charge is 0.494 e. The van der Waals surface area contributed by atoms with Crippen molar-refractivity contribution in [3.8, 4) is 5.75 Å². The van der Waals surface area contributed by atoms with Gasteiger partial charge in [-0.3, -0.25) is 43.3 Å². The van der Waals surface area contributed by atoms with E-state index in [-0.39, 0.29) is 101 Å². The van der Waals surface area contributed by atoms with Crippen molar-refractivity contribution in [3.05, 3.63) is 214 Å². The van der Waals surface area contributed by atoms with Gasteiger partial charge in [-0.15, -0.1) is 0 Å². The summed E-state index contributed by atoms with van der Waals surface area (Å²) in [6, 6.07) is 44.5. The third-order valence-electron chi connectivity index (χ3n) is 20.8. The fraction of sp³-hybridized carbons (Fsp3) is 0.478. The first-order valence-electron chi connectivity index (χ1n) is 40.3. The number of halogens is 1. The topological polar surface area (TPSA) is 315 Å². The van der Waals surface area contributed by atoms with E-state index in [2.05, 4.69) is 47.2 Å². The molecule has 7 aromatic rings. The molecule has 0 unspecified atom stereocenters. The fourth-order valence-corrected chi connectivity index (χ4v) is 14.6. The van der Waals surface area contributed by atoms with Crippen LogP contribution >= 0.6 is 15.9 Å². The molecule has 0 aliphatic heterocycles. The number of carbonyl (C=O) groups excluding carboxylic acids is 9. The summed E-state index contributed by atoms with van der Waals surface area (Å²) in [5.74, 6) is -4.29. The van der Waals surface area contributed by atoms with Gasteiger partial charge in [-0.1, -0.05) is 167 Å². The van der Waals surface area contributed by atoms with Crippen molar-refractivity contribution in [2.45, 2.75) is 193 Å². The van der Waals surface area contributed by atoms with Gasteiger partial charge in [-0.25, -0.2) is 19.7 Å². The number of amides is 5.